The molecule has 0 spiro atoms. The van der Waals surface area contributed by atoms with Crippen LogP contribution in [0.25, 0.3) is 22.8 Å². The van der Waals surface area contributed by atoms with Gasteiger partial charge in [0.25, 0.3) is 0 Å². The molecule has 6 heteroatoms. The molecule has 0 bridgehead atoms. The summed E-state index contributed by atoms with van der Waals surface area (Å²) in [5.41, 5.74) is 6.67. The molecule has 8 aromatic rings. The Balaban J connectivity index is 1.30. The minimum Gasteiger partial charge on any atom is -0.278 e. The van der Waals surface area contributed by atoms with Crippen LogP contribution in [0.1, 0.15) is 16.7 Å². The summed E-state index contributed by atoms with van der Waals surface area (Å²) in [4.78, 5) is 17.7. The molecular formula is C47H33N5Si. The van der Waals surface area contributed by atoms with Crippen LogP contribution in [0.5, 0.6) is 0 Å². The second-order valence-electron chi connectivity index (χ2n) is 13.2. The topological polar surface area (TPSA) is 65.7 Å². The third-order valence-electron chi connectivity index (χ3n) is 10.1. The third kappa shape index (κ3) is 5.70. The van der Waals surface area contributed by atoms with Gasteiger partial charge in [-0.1, -0.05) is 164 Å². The molecule has 0 amide bonds. The maximum Gasteiger partial charge on any atom is 0.238 e. The van der Waals surface area contributed by atoms with E-state index in [0.717, 1.165) is 28.9 Å². The Labute approximate surface area is 310 Å². The van der Waals surface area contributed by atoms with E-state index >= 15 is 0 Å². The Morgan fingerprint density at radius 1 is 0.453 bits per heavy atom. The van der Waals surface area contributed by atoms with Crippen LogP contribution in [-0.2, 0) is 6.42 Å². The van der Waals surface area contributed by atoms with Crippen LogP contribution in [0.2, 0.25) is 0 Å². The molecule has 0 saturated carbocycles. The maximum absolute atomic E-state index is 9.80. The van der Waals surface area contributed by atoms with Gasteiger partial charge >= 0.3 is 0 Å². The van der Waals surface area contributed by atoms with E-state index < -0.39 is 8.07 Å². The van der Waals surface area contributed by atoms with Gasteiger partial charge in [0.2, 0.25) is 5.95 Å². The van der Waals surface area contributed by atoms with Gasteiger partial charge in [0.05, 0.1) is 23.0 Å². The van der Waals surface area contributed by atoms with E-state index in [2.05, 4.69) is 175 Å². The predicted octanol–water partition coefficient (Wildman–Crippen LogP) is 7.83. The first-order valence-electron chi connectivity index (χ1n) is 17.7. The summed E-state index contributed by atoms with van der Waals surface area (Å²) < 4.78 is 0. The summed E-state index contributed by atoms with van der Waals surface area (Å²) in [6.07, 6.45) is 0.824. The highest BCUT2D eigenvalue weighted by atomic mass is 28.3. The number of benzene rings is 7. The Bertz CT molecular complexity index is 2480. The molecule has 0 fully saturated rings. The molecule has 5 nitrogen and oxygen atoms in total. The Hall–Kier alpha value is -6.94. The first-order valence-corrected chi connectivity index (χ1v) is 19.7. The molecule has 9 rings (SSSR count). The minimum atomic E-state index is -2.81. The summed E-state index contributed by atoms with van der Waals surface area (Å²) in [7, 11) is -2.81. The highest BCUT2D eigenvalue weighted by molar-refractivity contribution is 7.19. The maximum atomic E-state index is 9.80. The van der Waals surface area contributed by atoms with Crippen molar-refractivity contribution in [3.05, 3.63) is 205 Å². The number of hydrogen-bond donors (Lipinski definition) is 0. The number of nitriles is 1. The molecule has 2 heterocycles. The molecule has 0 aliphatic carbocycles. The summed E-state index contributed by atoms with van der Waals surface area (Å²) in [6, 6.07) is 68.1. The summed E-state index contributed by atoms with van der Waals surface area (Å²) in [5.74, 6) is 1.59. The van der Waals surface area contributed by atoms with Crippen molar-refractivity contribution in [1.82, 2.24) is 15.0 Å². The third-order valence-corrected chi connectivity index (χ3v) is 14.9. The molecule has 0 unspecified atom stereocenters. The fourth-order valence-corrected chi connectivity index (χ4v) is 12.5. The zero-order valence-electron chi connectivity index (χ0n) is 28.8. The molecule has 1 aliphatic rings. The number of fused-ring (bicyclic) bond motifs is 2. The lowest BCUT2D eigenvalue weighted by Crippen LogP contribution is -2.74. The van der Waals surface area contributed by atoms with E-state index in [1.165, 1.54) is 31.9 Å². The highest BCUT2D eigenvalue weighted by Crippen LogP contribution is 2.43. The Morgan fingerprint density at radius 3 is 1.43 bits per heavy atom. The zero-order valence-corrected chi connectivity index (χ0v) is 29.8. The number of anilines is 3. The van der Waals surface area contributed by atoms with E-state index in [-0.39, 0.29) is 0 Å². The number of rotatable bonds is 7. The van der Waals surface area contributed by atoms with Crippen LogP contribution < -0.4 is 25.6 Å². The van der Waals surface area contributed by atoms with Gasteiger partial charge in [-0.05, 0) is 56.1 Å². The lowest BCUT2D eigenvalue weighted by molar-refractivity contribution is 0.990. The molecule has 7 aromatic carbocycles. The Kier molecular flexibility index (Phi) is 8.24. The van der Waals surface area contributed by atoms with Crippen LogP contribution >= 0.6 is 0 Å². The number of hydrogen-bond acceptors (Lipinski definition) is 5. The predicted molar refractivity (Wildman–Crippen MR) is 217 cm³/mol. The molecule has 0 atom stereocenters. The molecular weight excluding hydrogens is 663 g/mol. The van der Waals surface area contributed by atoms with Crippen LogP contribution in [0, 0.1) is 11.3 Å². The second kappa shape index (κ2) is 13.6. The molecule has 250 valence electrons. The van der Waals surface area contributed by atoms with Crippen molar-refractivity contribution in [2.24, 2.45) is 0 Å². The van der Waals surface area contributed by atoms with Crippen molar-refractivity contribution >= 4 is 46.1 Å². The average Bonchev–Trinajstić information content (AvgIpc) is 3.24. The monoisotopic (exact) mass is 695 g/mol. The van der Waals surface area contributed by atoms with E-state index in [1.54, 1.807) is 6.07 Å². The van der Waals surface area contributed by atoms with Crippen molar-refractivity contribution in [2.75, 3.05) is 4.90 Å². The normalized spacial score (nSPS) is 12.0. The van der Waals surface area contributed by atoms with Gasteiger partial charge in [0.1, 0.15) is 0 Å². The first kappa shape index (κ1) is 32.0. The SMILES string of the molecule is N#Cc1cccc(-c2nc(-c3cccc([Si](c4ccccc4)(c4ccccc4)c4ccccc4)c3)nc(N3c4ccccc4Cc4ccccc43)n2)c1. The van der Waals surface area contributed by atoms with Crippen molar-refractivity contribution < 1.29 is 0 Å². The van der Waals surface area contributed by atoms with Crippen molar-refractivity contribution in [2.45, 2.75) is 6.42 Å². The smallest absolute Gasteiger partial charge is 0.238 e. The van der Waals surface area contributed by atoms with Crippen LogP contribution in [-0.4, -0.2) is 23.0 Å². The van der Waals surface area contributed by atoms with E-state index in [4.69, 9.17) is 15.0 Å². The van der Waals surface area contributed by atoms with Crippen molar-refractivity contribution in [3.63, 3.8) is 0 Å². The van der Waals surface area contributed by atoms with Gasteiger partial charge < -0.3 is 0 Å². The van der Waals surface area contributed by atoms with Crippen LogP contribution in [0.3, 0.4) is 0 Å². The summed E-state index contributed by atoms with van der Waals surface area (Å²) in [6.45, 7) is 0. The molecule has 0 radical (unpaired) electrons. The van der Waals surface area contributed by atoms with E-state index in [0.29, 0.717) is 23.2 Å². The molecule has 1 aromatic heterocycles. The van der Waals surface area contributed by atoms with Gasteiger partial charge in [0, 0.05) is 17.5 Å². The standard InChI is InChI=1S/C47H33N5Si/c48-33-34-16-14-19-37(30-34)45-49-46(51-47(50-45)52-43-28-12-10-17-35(43)31-36-18-11-13-29-44(36)52)38-20-15-27-42(32-38)53(39-21-4-1-5-22-39,40-23-6-2-7-24-40)41-25-8-3-9-26-41/h1-30,32H,31H2. The highest BCUT2D eigenvalue weighted by Gasteiger charge is 2.41. The second-order valence-corrected chi connectivity index (χ2v) is 17.0. The van der Waals surface area contributed by atoms with Crippen molar-refractivity contribution in [1.29, 1.82) is 5.26 Å². The largest absolute Gasteiger partial charge is 0.278 e. The quantitative estimate of drug-likeness (QED) is 0.126. The fraction of sp³-hybridized carbons (Fsp3) is 0.0213. The number of nitrogens with zero attached hydrogens (tertiary/aromatic N) is 5. The van der Waals surface area contributed by atoms with E-state index in [1.807, 2.05) is 18.2 Å². The van der Waals surface area contributed by atoms with Gasteiger partial charge in [-0.2, -0.15) is 15.2 Å². The fourth-order valence-electron chi connectivity index (χ4n) is 7.71. The van der Waals surface area contributed by atoms with Gasteiger partial charge in [-0.3, -0.25) is 4.90 Å². The zero-order chi connectivity index (χ0) is 35.6. The molecule has 0 N–H and O–H groups in total. The molecule has 0 saturated heterocycles. The van der Waals surface area contributed by atoms with Crippen LogP contribution in [0.4, 0.5) is 17.3 Å². The van der Waals surface area contributed by atoms with Crippen LogP contribution in [0.15, 0.2) is 188 Å². The first-order chi connectivity index (χ1) is 26.2. The lowest BCUT2D eigenvalue weighted by Gasteiger charge is -2.34. The lowest BCUT2D eigenvalue weighted by atomic mass is 9.96. The van der Waals surface area contributed by atoms with E-state index in [9.17, 15) is 5.26 Å². The molecule has 53 heavy (non-hydrogen) atoms. The van der Waals surface area contributed by atoms with Gasteiger partial charge in [0.15, 0.2) is 19.7 Å². The minimum absolute atomic E-state index is 0.505. The van der Waals surface area contributed by atoms with Crippen molar-refractivity contribution in [3.8, 4) is 28.8 Å². The summed E-state index contributed by atoms with van der Waals surface area (Å²) >= 11 is 0. The number of para-hydroxylation sites is 2. The number of aromatic nitrogens is 3. The average molecular weight is 696 g/mol. The molecule has 1 aliphatic heterocycles. The van der Waals surface area contributed by atoms with Gasteiger partial charge in [-0.15, -0.1) is 0 Å². The summed E-state index contributed by atoms with van der Waals surface area (Å²) in [5, 5.41) is 14.9. The Morgan fingerprint density at radius 2 is 0.906 bits per heavy atom. The van der Waals surface area contributed by atoms with Gasteiger partial charge in [-0.25, -0.2) is 4.98 Å².